The van der Waals surface area contributed by atoms with Gasteiger partial charge in [0.1, 0.15) is 0 Å². The van der Waals surface area contributed by atoms with Crippen LogP contribution in [-0.2, 0) is 18.9 Å². The molecule has 0 aliphatic heterocycles. The molecule has 4 nitrogen and oxygen atoms in total. The van der Waals surface area contributed by atoms with E-state index in [4.69, 9.17) is 18.9 Å². The van der Waals surface area contributed by atoms with E-state index in [1.54, 1.807) is 21.3 Å². The van der Waals surface area contributed by atoms with Crippen LogP contribution in [0, 0.1) is 5.41 Å². The first-order valence-corrected chi connectivity index (χ1v) is 8.29. The van der Waals surface area contributed by atoms with Crippen LogP contribution < -0.4 is 0 Å². The molecule has 0 amide bonds. The minimum Gasteiger partial charge on any atom is -0.381 e. The van der Waals surface area contributed by atoms with E-state index in [2.05, 4.69) is 13.8 Å². The van der Waals surface area contributed by atoms with Crippen LogP contribution in [0.5, 0.6) is 0 Å². The summed E-state index contributed by atoms with van der Waals surface area (Å²) in [5, 5.41) is 0. The molecule has 21 heavy (non-hydrogen) atoms. The van der Waals surface area contributed by atoms with Crippen LogP contribution in [0.1, 0.15) is 65.7 Å². The number of rotatable bonds is 14. The third-order valence-electron chi connectivity index (χ3n) is 4.25. The molecule has 0 N–H and O–H groups in total. The Morgan fingerprint density at radius 2 is 1.29 bits per heavy atom. The number of hydrogen-bond acceptors (Lipinski definition) is 4. The molecule has 0 rings (SSSR count). The average molecular weight is 304 g/mol. The molecular formula is C17H36O4. The van der Waals surface area contributed by atoms with Crippen LogP contribution >= 0.6 is 0 Å². The first-order chi connectivity index (χ1) is 10.1. The average Bonchev–Trinajstić information content (AvgIpc) is 2.51. The van der Waals surface area contributed by atoms with Gasteiger partial charge in [0.15, 0.2) is 0 Å². The molecular weight excluding hydrogens is 268 g/mol. The van der Waals surface area contributed by atoms with Crippen LogP contribution in [0.4, 0.5) is 0 Å². The van der Waals surface area contributed by atoms with Crippen molar-refractivity contribution in [1.29, 1.82) is 0 Å². The molecule has 0 fully saturated rings. The molecule has 0 radical (unpaired) electrons. The molecule has 0 aromatic rings. The minimum atomic E-state index is -1.05. The Bertz CT molecular complexity index is 233. The summed E-state index contributed by atoms with van der Waals surface area (Å²) in [6.45, 7) is 7.60. The summed E-state index contributed by atoms with van der Waals surface area (Å²) in [5.41, 5.74) is -0.327. The highest BCUT2D eigenvalue weighted by molar-refractivity contribution is 4.84. The Hall–Kier alpha value is -0.160. The van der Waals surface area contributed by atoms with Gasteiger partial charge < -0.3 is 18.9 Å². The molecule has 1 unspecified atom stereocenters. The van der Waals surface area contributed by atoms with Gasteiger partial charge in [-0.15, -0.1) is 0 Å². The minimum absolute atomic E-state index is 0.327. The van der Waals surface area contributed by atoms with E-state index in [1.807, 2.05) is 6.92 Å². The Labute approximate surface area is 131 Å². The molecule has 0 heterocycles. The Morgan fingerprint density at radius 3 is 1.76 bits per heavy atom. The van der Waals surface area contributed by atoms with E-state index >= 15 is 0 Å². The van der Waals surface area contributed by atoms with Crippen molar-refractivity contribution in [1.82, 2.24) is 0 Å². The van der Waals surface area contributed by atoms with Gasteiger partial charge in [0.25, 0.3) is 5.97 Å². The SMILES string of the molecule is CCCCCCCCC(C)(COCC)C(OC)(OC)OC. The highest BCUT2D eigenvalue weighted by atomic mass is 16.9. The Balaban J connectivity index is 4.59. The van der Waals surface area contributed by atoms with E-state index < -0.39 is 5.97 Å². The number of hydrogen-bond donors (Lipinski definition) is 0. The van der Waals surface area contributed by atoms with Gasteiger partial charge in [0, 0.05) is 27.9 Å². The highest BCUT2D eigenvalue weighted by Crippen LogP contribution is 2.40. The molecule has 0 aliphatic rings. The Morgan fingerprint density at radius 1 is 0.762 bits per heavy atom. The standard InChI is InChI=1S/C17H36O4/c1-7-9-10-11-12-13-14-16(3,15-21-8-2)17(18-4,19-5)20-6/h7-15H2,1-6H3. The van der Waals surface area contributed by atoms with E-state index in [0.29, 0.717) is 13.2 Å². The summed E-state index contributed by atoms with van der Waals surface area (Å²) < 4.78 is 22.4. The van der Waals surface area contributed by atoms with E-state index in [0.717, 1.165) is 12.8 Å². The number of methoxy groups -OCH3 is 3. The maximum Gasteiger partial charge on any atom is 0.290 e. The third kappa shape index (κ3) is 6.23. The molecule has 0 aromatic carbocycles. The zero-order chi connectivity index (χ0) is 16.2. The second-order valence-electron chi connectivity index (χ2n) is 5.88. The molecule has 4 heteroatoms. The zero-order valence-corrected chi connectivity index (χ0v) is 15.0. The fraction of sp³-hybridized carbons (Fsp3) is 1.00. The quantitative estimate of drug-likeness (QED) is 0.353. The van der Waals surface area contributed by atoms with Crippen LogP contribution in [0.2, 0.25) is 0 Å². The van der Waals surface area contributed by atoms with Gasteiger partial charge in [-0.3, -0.25) is 0 Å². The largest absolute Gasteiger partial charge is 0.381 e. The maximum atomic E-state index is 5.67. The van der Waals surface area contributed by atoms with E-state index in [-0.39, 0.29) is 5.41 Å². The van der Waals surface area contributed by atoms with Crippen molar-refractivity contribution in [2.45, 2.75) is 71.7 Å². The zero-order valence-electron chi connectivity index (χ0n) is 15.0. The summed E-state index contributed by atoms with van der Waals surface area (Å²) in [4.78, 5) is 0. The topological polar surface area (TPSA) is 36.9 Å². The maximum absolute atomic E-state index is 5.67. The van der Waals surface area contributed by atoms with E-state index in [1.165, 1.54) is 32.1 Å². The molecule has 0 saturated carbocycles. The molecule has 0 spiro atoms. The second-order valence-corrected chi connectivity index (χ2v) is 5.88. The lowest BCUT2D eigenvalue weighted by Gasteiger charge is -2.44. The lowest BCUT2D eigenvalue weighted by atomic mass is 9.82. The van der Waals surface area contributed by atoms with Gasteiger partial charge in [0.05, 0.1) is 12.0 Å². The fourth-order valence-corrected chi connectivity index (χ4v) is 2.93. The van der Waals surface area contributed by atoms with Gasteiger partial charge in [-0.25, -0.2) is 0 Å². The first kappa shape index (κ1) is 20.8. The van der Waals surface area contributed by atoms with Gasteiger partial charge in [-0.2, -0.15) is 0 Å². The van der Waals surface area contributed by atoms with Crippen molar-refractivity contribution < 1.29 is 18.9 Å². The van der Waals surface area contributed by atoms with Crippen LogP contribution in [0.3, 0.4) is 0 Å². The fourth-order valence-electron chi connectivity index (χ4n) is 2.93. The van der Waals surface area contributed by atoms with E-state index in [9.17, 15) is 0 Å². The van der Waals surface area contributed by atoms with Gasteiger partial charge >= 0.3 is 0 Å². The second kappa shape index (κ2) is 11.4. The number of ether oxygens (including phenoxy) is 4. The van der Waals surface area contributed by atoms with Gasteiger partial charge in [0.2, 0.25) is 0 Å². The molecule has 1 atom stereocenters. The molecule has 0 aromatic heterocycles. The Kier molecular flexibility index (Phi) is 11.3. The van der Waals surface area contributed by atoms with Crippen molar-refractivity contribution in [3.63, 3.8) is 0 Å². The summed E-state index contributed by atoms with van der Waals surface area (Å²) in [7, 11) is 4.87. The summed E-state index contributed by atoms with van der Waals surface area (Å²) in [5.74, 6) is -1.05. The van der Waals surface area contributed by atoms with Crippen LogP contribution in [0.25, 0.3) is 0 Å². The lowest BCUT2D eigenvalue weighted by molar-refractivity contribution is -0.410. The van der Waals surface area contributed by atoms with Crippen molar-refractivity contribution in [2.75, 3.05) is 34.5 Å². The van der Waals surface area contributed by atoms with Crippen LogP contribution in [-0.4, -0.2) is 40.5 Å². The first-order valence-electron chi connectivity index (χ1n) is 8.29. The number of unbranched alkanes of at least 4 members (excludes halogenated alkanes) is 5. The van der Waals surface area contributed by atoms with Gasteiger partial charge in [-0.1, -0.05) is 45.4 Å². The summed E-state index contributed by atoms with van der Waals surface area (Å²) in [6.07, 6.45) is 8.53. The third-order valence-corrected chi connectivity index (χ3v) is 4.25. The highest BCUT2D eigenvalue weighted by Gasteiger charge is 2.50. The molecule has 0 aliphatic carbocycles. The molecule has 0 saturated heterocycles. The van der Waals surface area contributed by atoms with Crippen molar-refractivity contribution in [2.24, 2.45) is 5.41 Å². The van der Waals surface area contributed by atoms with Crippen molar-refractivity contribution in [3.05, 3.63) is 0 Å². The van der Waals surface area contributed by atoms with Crippen LogP contribution in [0.15, 0.2) is 0 Å². The van der Waals surface area contributed by atoms with Gasteiger partial charge in [-0.05, 0) is 20.3 Å². The molecule has 0 bridgehead atoms. The summed E-state index contributed by atoms with van der Waals surface area (Å²) in [6, 6.07) is 0. The predicted molar refractivity (Wildman–Crippen MR) is 86.4 cm³/mol. The monoisotopic (exact) mass is 304 g/mol. The predicted octanol–water partition coefficient (Wildman–Crippen LogP) is 4.37. The van der Waals surface area contributed by atoms with Crippen molar-refractivity contribution >= 4 is 0 Å². The normalized spacial score (nSPS) is 15.1. The molecule has 128 valence electrons. The smallest absolute Gasteiger partial charge is 0.290 e. The lowest BCUT2D eigenvalue weighted by Crippen LogP contribution is -2.53. The summed E-state index contributed by atoms with van der Waals surface area (Å²) >= 11 is 0. The van der Waals surface area contributed by atoms with Crippen molar-refractivity contribution in [3.8, 4) is 0 Å².